The molecule has 0 fully saturated rings. The minimum Gasteiger partial charge on any atom is -0.348 e. The third kappa shape index (κ3) is 4.15. The second-order valence-electron chi connectivity index (χ2n) is 5.20. The average Bonchev–Trinajstić information content (AvgIpc) is 2.88. The van der Waals surface area contributed by atoms with Crippen molar-refractivity contribution in [3.05, 3.63) is 47.8 Å². The third-order valence-corrected chi connectivity index (χ3v) is 3.54. The molecule has 112 valence electrons. The normalized spacial score (nSPS) is 12.1. The minimum absolute atomic E-state index is 0.0266. The quantitative estimate of drug-likeness (QED) is 0.887. The van der Waals surface area contributed by atoms with E-state index in [1.54, 1.807) is 12.4 Å². The van der Waals surface area contributed by atoms with Crippen molar-refractivity contribution in [3.8, 4) is 0 Å². The molecule has 2 aromatic rings. The predicted octanol–water partition coefficient (Wildman–Crippen LogP) is 2.55. The van der Waals surface area contributed by atoms with E-state index < -0.39 is 0 Å². The van der Waals surface area contributed by atoms with Gasteiger partial charge in [-0.1, -0.05) is 6.92 Å². The molecule has 0 unspecified atom stereocenters. The van der Waals surface area contributed by atoms with Crippen LogP contribution in [0.3, 0.4) is 0 Å². The largest absolute Gasteiger partial charge is 0.348 e. The average molecular weight is 286 g/mol. The molecule has 1 amide bonds. The zero-order chi connectivity index (χ0) is 15.2. The zero-order valence-corrected chi connectivity index (χ0v) is 12.8. The Morgan fingerprint density at radius 2 is 2.14 bits per heavy atom. The Morgan fingerprint density at radius 1 is 1.33 bits per heavy atom. The molecule has 5 nitrogen and oxygen atoms in total. The fraction of sp³-hybridized carbons (Fsp3) is 0.438. The van der Waals surface area contributed by atoms with Crippen LogP contribution in [0, 0.1) is 13.8 Å². The summed E-state index contributed by atoms with van der Waals surface area (Å²) in [5.41, 5.74) is 2.08. The van der Waals surface area contributed by atoms with Gasteiger partial charge in [-0.25, -0.2) is 4.98 Å². The summed E-state index contributed by atoms with van der Waals surface area (Å²) in [5, 5.41) is 3.06. The SMILES string of the molecule is CC[C@H](NC(=O)CCn1ccnc1C)c1cc(C)ccn1. The highest BCUT2D eigenvalue weighted by Crippen LogP contribution is 2.15. The van der Waals surface area contributed by atoms with Crippen molar-refractivity contribution in [2.24, 2.45) is 0 Å². The highest BCUT2D eigenvalue weighted by Gasteiger charge is 2.14. The molecule has 0 aliphatic rings. The zero-order valence-electron chi connectivity index (χ0n) is 12.8. The molecule has 2 aromatic heterocycles. The number of pyridine rings is 1. The Hall–Kier alpha value is -2.17. The summed E-state index contributed by atoms with van der Waals surface area (Å²) in [5.74, 6) is 0.966. The van der Waals surface area contributed by atoms with Crippen LogP contribution in [0.2, 0.25) is 0 Å². The van der Waals surface area contributed by atoms with Gasteiger partial charge in [-0.05, 0) is 38.0 Å². The van der Waals surface area contributed by atoms with Crippen LogP contribution in [0.15, 0.2) is 30.7 Å². The fourth-order valence-corrected chi connectivity index (χ4v) is 2.26. The maximum Gasteiger partial charge on any atom is 0.222 e. The molecule has 1 atom stereocenters. The van der Waals surface area contributed by atoms with Gasteiger partial charge in [0.05, 0.1) is 11.7 Å². The number of hydrogen-bond acceptors (Lipinski definition) is 3. The molecular weight excluding hydrogens is 264 g/mol. The minimum atomic E-state index is -0.0266. The smallest absolute Gasteiger partial charge is 0.222 e. The van der Waals surface area contributed by atoms with E-state index in [9.17, 15) is 4.79 Å². The van der Waals surface area contributed by atoms with Gasteiger partial charge in [0.15, 0.2) is 0 Å². The summed E-state index contributed by atoms with van der Waals surface area (Å²) >= 11 is 0. The highest BCUT2D eigenvalue weighted by molar-refractivity contribution is 5.76. The topological polar surface area (TPSA) is 59.8 Å². The van der Waals surface area contributed by atoms with Gasteiger partial charge in [0.1, 0.15) is 5.82 Å². The van der Waals surface area contributed by atoms with Gasteiger partial charge in [-0.2, -0.15) is 0 Å². The third-order valence-electron chi connectivity index (χ3n) is 3.54. The molecule has 1 N–H and O–H groups in total. The molecule has 2 heterocycles. The number of hydrogen-bond donors (Lipinski definition) is 1. The number of amides is 1. The second-order valence-corrected chi connectivity index (χ2v) is 5.20. The second kappa shape index (κ2) is 7.02. The first-order valence-electron chi connectivity index (χ1n) is 7.29. The summed E-state index contributed by atoms with van der Waals surface area (Å²) in [6, 6.07) is 3.95. The van der Waals surface area contributed by atoms with Crippen LogP contribution >= 0.6 is 0 Å². The molecule has 5 heteroatoms. The van der Waals surface area contributed by atoms with Gasteiger partial charge >= 0.3 is 0 Å². The first kappa shape index (κ1) is 15.2. The van der Waals surface area contributed by atoms with E-state index in [1.165, 1.54) is 0 Å². The van der Waals surface area contributed by atoms with E-state index in [4.69, 9.17) is 0 Å². The Balaban J connectivity index is 1.92. The lowest BCUT2D eigenvalue weighted by molar-refractivity contribution is -0.122. The molecule has 0 saturated carbocycles. The van der Waals surface area contributed by atoms with E-state index in [2.05, 4.69) is 22.2 Å². The van der Waals surface area contributed by atoms with Crippen LogP contribution in [-0.4, -0.2) is 20.4 Å². The molecule has 0 aliphatic carbocycles. The molecule has 0 bridgehead atoms. The van der Waals surface area contributed by atoms with E-state index in [1.807, 2.05) is 36.7 Å². The lowest BCUT2D eigenvalue weighted by Gasteiger charge is -2.17. The summed E-state index contributed by atoms with van der Waals surface area (Å²) in [6.45, 7) is 6.66. The Morgan fingerprint density at radius 3 is 2.76 bits per heavy atom. The van der Waals surface area contributed by atoms with Crippen molar-refractivity contribution in [2.45, 2.75) is 46.2 Å². The molecule has 2 rings (SSSR count). The molecule has 0 aromatic carbocycles. The maximum absolute atomic E-state index is 12.1. The molecule has 0 radical (unpaired) electrons. The van der Waals surface area contributed by atoms with Gasteiger partial charge < -0.3 is 9.88 Å². The standard InChI is InChI=1S/C16H22N4O/c1-4-14(15-11-12(2)5-7-18-15)19-16(21)6-9-20-10-8-17-13(20)3/h5,7-8,10-11,14H,4,6,9H2,1-3H3,(H,19,21)/t14-/m0/s1. The van der Waals surface area contributed by atoms with Crippen molar-refractivity contribution < 1.29 is 4.79 Å². The van der Waals surface area contributed by atoms with Crippen molar-refractivity contribution in [2.75, 3.05) is 0 Å². The number of carbonyl (C=O) groups is 1. The van der Waals surface area contributed by atoms with Gasteiger partial charge in [0.25, 0.3) is 0 Å². The number of rotatable bonds is 6. The summed E-state index contributed by atoms with van der Waals surface area (Å²) in [7, 11) is 0. The number of imidazole rings is 1. The first-order chi connectivity index (χ1) is 10.1. The monoisotopic (exact) mass is 286 g/mol. The Bertz CT molecular complexity index is 606. The fourth-order valence-electron chi connectivity index (χ4n) is 2.26. The van der Waals surface area contributed by atoms with Gasteiger partial charge in [-0.15, -0.1) is 0 Å². The van der Waals surface area contributed by atoms with Crippen molar-refractivity contribution in [3.63, 3.8) is 0 Å². The molecular formula is C16H22N4O. The van der Waals surface area contributed by atoms with Crippen LogP contribution in [0.1, 0.15) is 42.9 Å². The molecule has 0 saturated heterocycles. The highest BCUT2D eigenvalue weighted by atomic mass is 16.1. The van der Waals surface area contributed by atoms with Gasteiger partial charge in [-0.3, -0.25) is 9.78 Å². The van der Waals surface area contributed by atoms with Crippen LogP contribution < -0.4 is 5.32 Å². The lowest BCUT2D eigenvalue weighted by Crippen LogP contribution is -2.29. The van der Waals surface area contributed by atoms with Crippen molar-refractivity contribution in [1.82, 2.24) is 19.9 Å². The number of carbonyl (C=O) groups excluding carboxylic acids is 1. The van der Waals surface area contributed by atoms with Crippen LogP contribution in [0.5, 0.6) is 0 Å². The van der Waals surface area contributed by atoms with Crippen molar-refractivity contribution >= 4 is 5.91 Å². The van der Waals surface area contributed by atoms with Crippen LogP contribution in [0.4, 0.5) is 0 Å². The molecule has 0 aliphatic heterocycles. The molecule has 0 spiro atoms. The summed E-state index contributed by atoms with van der Waals surface area (Å²) in [4.78, 5) is 20.6. The number of nitrogens with zero attached hydrogens (tertiary/aromatic N) is 3. The predicted molar refractivity (Wildman–Crippen MR) is 81.7 cm³/mol. The Kier molecular flexibility index (Phi) is 5.09. The van der Waals surface area contributed by atoms with Crippen molar-refractivity contribution in [1.29, 1.82) is 0 Å². The number of nitrogens with one attached hydrogen (secondary N) is 1. The van der Waals surface area contributed by atoms with E-state index >= 15 is 0 Å². The van der Waals surface area contributed by atoms with Crippen LogP contribution in [0.25, 0.3) is 0 Å². The Labute approximate surface area is 125 Å². The van der Waals surface area contributed by atoms with E-state index in [0.717, 1.165) is 23.5 Å². The van der Waals surface area contributed by atoms with E-state index in [-0.39, 0.29) is 11.9 Å². The molecule has 21 heavy (non-hydrogen) atoms. The van der Waals surface area contributed by atoms with E-state index in [0.29, 0.717) is 13.0 Å². The van der Waals surface area contributed by atoms with Gasteiger partial charge in [0, 0.05) is 31.6 Å². The lowest BCUT2D eigenvalue weighted by atomic mass is 10.1. The summed E-state index contributed by atoms with van der Waals surface area (Å²) < 4.78 is 1.98. The summed E-state index contributed by atoms with van der Waals surface area (Å²) in [6.07, 6.45) is 6.70. The maximum atomic E-state index is 12.1. The van der Waals surface area contributed by atoms with Gasteiger partial charge in [0.2, 0.25) is 5.91 Å². The number of aryl methyl sites for hydroxylation is 3. The number of aromatic nitrogens is 3. The first-order valence-corrected chi connectivity index (χ1v) is 7.29. The van der Waals surface area contributed by atoms with Crippen LogP contribution in [-0.2, 0) is 11.3 Å².